The fourth-order valence-corrected chi connectivity index (χ4v) is 3.18. The second-order valence-electron chi connectivity index (χ2n) is 5.25. The number of hydrogen-bond donors (Lipinski definition) is 0. The summed E-state index contributed by atoms with van der Waals surface area (Å²) in [6.07, 6.45) is 1.22. The topological polar surface area (TPSA) is 6.48 Å². The predicted molar refractivity (Wildman–Crippen MR) is 82.7 cm³/mol. The number of likely N-dealkylation sites (N-methyl/N-ethyl adjacent to an activating group) is 1. The molecule has 1 aliphatic rings. The average Bonchev–Trinajstić information content (AvgIpc) is 2.39. The lowest BCUT2D eigenvalue weighted by atomic mass is 10.1. The molecular formula is C15H23BrN2. The van der Waals surface area contributed by atoms with Gasteiger partial charge < -0.3 is 4.90 Å². The van der Waals surface area contributed by atoms with Crippen LogP contribution in [0.3, 0.4) is 0 Å². The maximum Gasteiger partial charge on any atom is 0.0408 e. The van der Waals surface area contributed by atoms with Crippen molar-refractivity contribution < 1.29 is 0 Å². The highest BCUT2D eigenvalue weighted by Gasteiger charge is 2.24. The zero-order valence-corrected chi connectivity index (χ0v) is 13.2. The van der Waals surface area contributed by atoms with Gasteiger partial charge in [-0.15, -0.1) is 0 Å². The van der Waals surface area contributed by atoms with E-state index in [9.17, 15) is 0 Å². The number of nitrogens with zero attached hydrogens (tertiary/aromatic N) is 2. The molecule has 18 heavy (non-hydrogen) atoms. The molecule has 0 radical (unpaired) electrons. The molecule has 0 saturated carbocycles. The van der Waals surface area contributed by atoms with Crippen molar-refractivity contribution in [2.75, 3.05) is 31.6 Å². The van der Waals surface area contributed by atoms with Gasteiger partial charge in [0.2, 0.25) is 0 Å². The SMILES string of the molecule is CCC1CN(c2ccc(C)cc2CBr)CCN1C. The zero-order chi connectivity index (χ0) is 13.1. The molecule has 0 bridgehead atoms. The van der Waals surface area contributed by atoms with Gasteiger partial charge in [-0.2, -0.15) is 0 Å². The van der Waals surface area contributed by atoms with E-state index in [0.29, 0.717) is 6.04 Å². The van der Waals surface area contributed by atoms with Crippen LogP contribution < -0.4 is 4.90 Å². The molecule has 3 heteroatoms. The van der Waals surface area contributed by atoms with E-state index in [0.717, 1.165) is 25.0 Å². The third-order valence-corrected chi connectivity index (χ3v) is 4.57. The maximum absolute atomic E-state index is 3.62. The van der Waals surface area contributed by atoms with Gasteiger partial charge in [0.15, 0.2) is 0 Å². The van der Waals surface area contributed by atoms with Crippen molar-refractivity contribution in [3.8, 4) is 0 Å². The van der Waals surface area contributed by atoms with E-state index < -0.39 is 0 Å². The van der Waals surface area contributed by atoms with E-state index in [1.165, 1.54) is 23.2 Å². The Morgan fingerprint density at radius 3 is 2.78 bits per heavy atom. The molecule has 1 aliphatic heterocycles. The molecule has 100 valence electrons. The molecule has 1 aromatic rings. The standard InChI is InChI=1S/C15H23BrN2/c1-4-14-11-18(8-7-17(14)3)15-6-5-12(2)9-13(15)10-16/h5-6,9,14H,4,7-8,10-11H2,1-3H3. The van der Waals surface area contributed by atoms with Crippen LogP contribution in [-0.2, 0) is 5.33 Å². The van der Waals surface area contributed by atoms with Gasteiger partial charge in [0, 0.05) is 36.7 Å². The van der Waals surface area contributed by atoms with Gasteiger partial charge in [0.05, 0.1) is 0 Å². The molecule has 0 N–H and O–H groups in total. The average molecular weight is 311 g/mol. The van der Waals surface area contributed by atoms with Crippen molar-refractivity contribution >= 4 is 21.6 Å². The summed E-state index contributed by atoms with van der Waals surface area (Å²) >= 11 is 3.62. The maximum atomic E-state index is 3.62. The van der Waals surface area contributed by atoms with Crippen molar-refractivity contribution in [2.45, 2.75) is 31.6 Å². The van der Waals surface area contributed by atoms with Crippen molar-refractivity contribution in [3.05, 3.63) is 29.3 Å². The Hall–Kier alpha value is -0.540. The summed E-state index contributed by atoms with van der Waals surface area (Å²) in [6, 6.07) is 7.48. The van der Waals surface area contributed by atoms with Crippen molar-refractivity contribution in [2.24, 2.45) is 0 Å². The molecule has 0 amide bonds. The molecule has 0 aliphatic carbocycles. The number of rotatable bonds is 3. The number of hydrogen-bond acceptors (Lipinski definition) is 2. The summed E-state index contributed by atoms with van der Waals surface area (Å²) in [4.78, 5) is 5.03. The summed E-state index contributed by atoms with van der Waals surface area (Å²) in [5.74, 6) is 0. The number of piperazine rings is 1. The molecule has 0 spiro atoms. The van der Waals surface area contributed by atoms with Gasteiger partial charge in [0.1, 0.15) is 0 Å². The largest absolute Gasteiger partial charge is 0.368 e. The lowest BCUT2D eigenvalue weighted by Gasteiger charge is -2.41. The first-order chi connectivity index (χ1) is 8.65. The molecule has 1 heterocycles. The van der Waals surface area contributed by atoms with Crippen LogP contribution in [0.1, 0.15) is 24.5 Å². The lowest BCUT2D eigenvalue weighted by molar-refractivity contribution is 0.213. The first kappa shape index (κ1) is 13.9. The monoisotopic (exact) mass is 310 g/mol. The first-order valence-electron chi connectivity index (χ1n) is 6.76. The van der Waals surface area contributed by atoms with Crippen LogP contribution in [0.25, 0.3) is 0 Å². The Kier molecular flexibility index (Phi) is 4.68. The Morgan fingerprint density at radius 1 is 1.33 bits per heavy atom. The second kappa shape index (κ2) is 6.07. The fourth-order valence-electron chi connectivity index (χ4n) is 2.74. The third kappa shape index (κ3) is 2.89. The molecule has 0 aromatic heterocycles. The minimum atomic E-state index is 0.684. The number of aryl methyl sites for hydroxylation is 1. The van der Waals surface area contributed by atoms with Crippen LogP contribution in [0.15, 0.2) is 18.2 Å². The molecular weight excluding hydrogens is 288 g/mol. The minimum Gasteiger partial charge on any atom is -0.368 e. The van der Waals surface area contributed by atoms with E-state index in [2.05, 4.69) is 64.8 Å². The third-order valence-electron chi connectivity index (χ3n) is 3.97. The number of anilines is 1. The molecule has 1 saturated heterocycles. The van der Waals surface area contributed by atoms with Crippen LogP contribution >= 0.6 is 15.9 Å². The van der Waals surface area contributed by atoms with Crippen LogP contribution in [0.4, 0.5) is 5.69 Å². The summed E-state index contributed by atoms with van der Waals surface area (Å²) in [5.41, 5.74) is 4.16. The van der Waals surface area contributed by atoms with E-state index >= 15 is 0 Å². The predicted octanol–water partition coefficient (Wildman–Crippen LogP) is 3.42. The fraction of sp³-hybridized carbons (Fsp3) is 0.600. The smallest absolute Gasteiger partial charge is 0.0408 e. The Labute approximate surface area is 119 Å². The van der Waals surface area contributed by atoms with Gasteiger partial charge >= 0.3 is 0 Å². The molecule has 1 fully saturated rings. The first-order valence-corrected chi connectivity index (χ1v) is 7.88. The van der Waals surface area contributed by atoms with Gasteiger partial charge in [-0.1, -0.05) is 40.5 Å². The van der Waals surface area contributed by atoms with E-state index in [1.807, 2.05) is 0 Å². The van der Waals surface area contributed by atoms with Crippen molar-refractivity contribution in [1.82, 2.24) is 4.90 Å². The Balaban J connectivity index is 2.21. The zero-order valence-electron chi connectivity index (χ0n) is 11.6. The highest BCUT2D eigenvalue weighted by Crippen LogP contribution is 2.26. The summed E-state index contributed by atoms with van der Waals surface area (Å²) in [7, 11) is 2.24. The van der Waals surface area contributed by atoms with Gasteiger partial charge in [-0.05, 0) is 32.0 Å². The molecule has 2 rings (SSSR count). The van der Waals surface area contributed by atoms with Crippen molar-refractivity contribution in [3.63, 3.8) is 0 Å². The van der Waals surface area contributed by atoms with Crippen LogP contribution in [0, 0.1) is 6.92 Å². The number of benzene rings is 1. The number of halogens is 1. The normalized spacial score (nSPS) is 21.3. The van der Waals surface area contributed by atoms with Gasteiger partial charge in [0.25, 0.3) is 0 Å². The Morgan fingerprint density at radius 2 is 2.11 bits per heavy atom. The minimum absolute atomic E-state index is 0.684. The summed E-state index contributed by atoms with van der Waals surface area (Å²) in [6.45, 7) is 7.89. The van der Waals surface area contributed by atoms with Crippen LogP contribution in [-0.4, -0.2) is 37.6 Å². The van der Waals surface area contributed by atoms with E-state index in [4.69, 9.17) is 0 Å². The molecule has 1 aromatic carbocycles. The van der Waals surface area contributed by atoms with Crippen LogP contribution in [0.5, 0.6) is 0 Å². The summed E-state index contributed by atoms with van der Waals surface area (Å²) < 4.78 is 0. The highest BCUT2D eigenvalue weighted by molar-refractivity contribution is 9.08. The second-order valence-corrected chi connectivity index (χ2v) is 5.82. The van der Waals surface area contributed by atoms with Gasteiger partial charge in [-0.25, -0.2) is 0 Å². The summed E-state index contributed by atoms with van der Waals surface area (Å²) in [5, 5.41) is 0.938. The van der Waals surface area contributed by atoms with Crippen molar-refractivity contribution in [1.29, 1.82) is 0 Å². The van der Waals surface area contributed by atoms with Gasteiger partial charge in [-0.3, -0.25) is 4.90 Å². The lowest BCUT2D eigenvalue weighted by Crippen LogP contribution is -2.51. The van der Waals surface area contributed by atoms with E-state index in [-0.39, 0.29) is 0 Å². The highest BCUT2D eigenvalue weighted by atomic mass is 79.9. The number of alkyl halides is 1. The van der Waals surface area contributed by atoms with Crippen LogP contribution in [0.2, 0.25) is 0 Å². The molecule has 2 nitrogen and oxygen atoms in total. The molecule has 1 unspecified atom stereocenters. The molecule has 1 atom stereocenters. The Bertz CT molecular complexity index is 405. The quantitative estimate of drug-likeness (QED) is 0.789. The van der Waals surface area contributed by atoms with E-state index in [1.54, 1.807) is 0 Å².